The fourth-order valence-corrected chi connectivity index (χ4v) is 3.65. The quantitative estimate of drug-likeness (QED) is 0.559. The first-order chi connectivity index (χ1) is 15.3. The summed E-state index contributed by atoms with van der Waals surface area (Å²) in [5.74, 6) is 0.362. The molecule has 0 aromatic heterocycles. The van der Waals surface area contributed by atoms with Crippen LogP contribution in [0.3, 0.4) is 0 Å². The molecular weight excluding hydrogens is 494 g/mol. The van der Waals surface area contributed by atoms with Gasteiger partial charge >= 0.3 is 0 Å². The molecule has 1 heterocycles. The molecule has 3 rings (SSSR count). The second-order valence-corrected chi connectivity index (χ2v) is 9.06. The zero-order valence-corrected chi connectivity index (χ0v) is 20.4. The van der Waals surface area contributed by atoms with Crippen LogP contribution in [0, 0.1) is 5.92 Å². The predicted molar refractivity (Wildman–Crippen MR) is 131 cm³/mol. The van der Waals surface area contributed by atoms with Crippen LogP contribution in [0.15, 0.2) is 46.9 Å². The summed E-state index contributed by atoms with van der Waals surface area (Å²) in [6, 6.07) is 12.3. The summed E-state index contributed by atoms with van der Waals surface area (Å²) in [5, 5.41) is 5.78. The molecule has 2 N–H and O–H groups in total. The Kier molecular flexibility index (Phi) is 8.60. The van der Waals surface area contributed by atoms with Crippen molar-refractivity contribution in [3.63, 3.8) is 0 Å². The van der Waals surface area contributed by atoms with E-state index >= 15 is 0 Å². The van der Waals surface area contributed by atoms with Gasteiger partial charge in [0.15, 0.2) is 5.11 Å². The highest BCUT2D eigenvalue weighted by atomic mass is 79.9. The number of carbonyl (C=O) groups excluding carboxylic acids is 2. The number of morpholine rings is 1. The molecule has 1 aliphatic heterocycles. The van der Waals surface area contributed by atoms with Crippen LogP contribution in [-0.2, 0) is 4.74 Å². The zero-order valence-electron chi connectivity index (χ0n) is 18.0. The Morgan fingerprint density at radius 2 is 1.94 bits per heavy atom. The molecule has 2 aromatic rings. The molecule has 0 radical (unpaired) electrons. The largest absolute Gasteiger partial charge is 0.492 e. The molecule has 1 aliphatic rings. The zero-order chi connectivity index (χ0) is 23.1. The molecule has 2 aromatic carbocycles. The Morgan fingerprint density at radius 3 is 2.66 bits per heavy atom. The predicted octanol–water partition coefficient (Wildman–Crippen LogP) is 4.08. The number of halogens is 1. The van der Waals surface area contributed by atoms with E-state index in [9.17, 15) is 9.59 Å². The summed E-state index contributed by atoms with van der Waals surface area (Å²) in [7, 11) is 0. The Morgan fingerprint density at radius 1 is 1.19 bits per heavy atom. The molecule has 1 fully saturated rings. The summed E-state index contributed by atoms with van der Waals surface area (Å²) in [6.45, 7) is 6.79. The first-order valence-corrected chi connectivity index (χ1v) is 11.6. The van der Waals surface area contributed by atoms with E-state index in [2.05, 4.69) is 26.6 Å². The van der Waals surface area contributed by atoms with E-state index in [1.54, 1.807) is 41.3 Å². The Balaban J connectivity index is 1.65. The van der Waals surface area contributed by atoms with E-state index in [1.165, 1.54) is 0 Å². The van der Waals surface area contributed by atoms with Crippen molar-refractivity contribution >= 4 is 50.8 Å². The Hall–Kier alpha value is -2.49. The second-order valence-electron chi connectivity index (χ2n) is 7.74. The van der Waals surface area contributed by atoms with Gasteiger partial charge < -0.3 is 19.7 Å². The van der Waals surface area contributed by atoms with Crippen LogP contribution in [0.1, 0.15) is 34.6 Å². The summed E-state index contributed by atoms with van der Waals surface area (Å²) in [6.07, 6.45) is 0. The molecule has 7 nitrogen and oxygen atoms in total. The third-order valence-electron chi connectivity index (χ3n) is 4.65. The lowest BCUT2D eigenvalue weighted by molar-refractivity contribution is 0.0303. The van der Waals surface area contributed by atoms with Gasteiger partial charge in [-0.1, -0.05) is 35.8 Å². The van der Waals surface area contributed by atoms with Crippen LogP contribution >= 0.6 is 28.1 Å². The highest BCUT2D eigenvalue weighted by Crippen LogP contribution is 2.24. The van der Waals surface area contributed by atoms with Gasteiger partial charge in [-0.3, -0.25) is 14.9 Å². The number of benzene rings is 2. The van der Waals surface area contributed by atoms with Gasteiger partial charge in [0.25, 0.3) is 11.8 Å². The van der Waals surface area contributed by atoms with E-state index in [0.717, 1.165) is 4.47 Å². The Labute approximate surface area is 201 Å². The lowest BCUT2D eigenvalue weighted by Gasteiger charge is -2.27. The molecule has 1 saturated heterocycles. The van der Waals surface area contributed by atoms with E-state index in [4.69, 9.17) is 21.7 Å². The first kappa shape index (κ1) is 24.2. The number of thiocarbonyl (C=S) groups is 1. The van der Waals surface area contributed by atoms with Gasteiger partial charge in [0.05, 0.1) is 25.4 Å². The van der Waals surface area contributed by atoms with Crippen molar-refractivity contribution in [1.29, 1.82) is 0 Å². The lowest BCUT2D eigenvalue weighted by Crippen LogP contribution is -2.40. The number of carbonyl (C=O) groups is 2. The maximum absolute atomic E-state index is 12.8. The number of nitrogens with zero attached hydrogens (tertiary/aromatic N) is 1. The van der Waals surface area contributed by atoms with Crippen LogP contribution in [0.4, 0.5) is 5.69 Å². The third-order valence-corrected chi connectivity index (χ3v) is 5.35. The van der Waals surface area contributed by atoms with Crippen molar-refractivity contribution in [2.45, 2.75) is 13.8 Å². The normalized spacial score (nSPS) is 13.6. The van der Waals surface area contributed by atoms with Crippen LogP contribution in [0.2, 0.25) is 0 Å². The highest BCUT2D eigenvalue weighted by Gasteiger charge is 2.19. The lowest BCUT2D eigenvalue weighted by atomic mass is 10.1. The number of nitrogens with one attached hydrogen (secondary N) is 2. The fourth-order valence-electron chi connectivity index (χ4n) is 3.07. The SMILES string of the molecule is CC(C)COc1ccc(Br)cc1C(=O)NC(=S)Nc1cccc(C(=O)N2CCOCC2)c1. The van der Waals surface area contributed by atoms with Crippen molar-refractivity contribution in [2.24, 2.45) is 5.92 Å². The minimum atomic E-state index is -0.386. The van der Waals surface area contributed by atoms with E-state index in [1.807, 2.05) is 19.9 Å². The molecule has 0 spiro atoms. The number of anilines is 1. The molecule has 0 bridgehead atoms. The molecule has 9 heteroatoms. The van der Waals surface area contributed by atoms with Gasteiger partial charge in [-0.15, -0.1) is 0 Å². The molecule has 0 atom stereocenters. The summed E-state index contributed by atoms with van der Waals surface area (Å²) < 4.78 is 11.8. The van der Waals surface area contributed by atoms with Crippen LogP contribution < -0.4 is 15.4 Å². The second kappa shape index (κ2) is 11.4. The molecule has 0 saturated carbocycles. The van der Waals surface area contributed by atoms with Crippen molar-refractivity contribution in [3.8, 4) is 5.75 Å². The van der Waals surface area contributed by atoms with Crippen molar-refractivity contribution < 1.29 is 19.1 Å². The van der Waals surface area contributed by atoms with E-state index in [-0.39, 0.29) is 16.9 Å². The summed E-state index contributed by atoms with van der Waals surface area (Å²) in [5.41, 5.74) is 1.53. The molecule has 0 unspecified atom stereocenters. The minimum Gasteiger partial charge on any atom is -0.492 e. The Bertz CT molecular complexity index is 993. The standard InChI is InChI=1S/C23H26BrN3O4S/c1-15(2)14-31-20-7-6-17(24)13-19(20)21(28)26-23(32)25-18-5-3-4-16(12-18)22(29)27-8-10-30-11-9-27/h3-7,12-13,15H,8-11,14H2,1-2H3,(H2,25,26,28,32). The molecule has 2 amide bonds. The number of rotatable bonds is 6. The minimum absolute atomic E-state index is 0.0621. The smallest absolute Gasteiger partial charge is 0.261 e. The summed E-state index contributed by atoms with van der Waals surface area (Å²) >= 11 is 8.71. The molecule has 170 valence electrons. The van der Waals surface area contributed by atoms with Crippen molar-refractivity contribution in [3.05, 3.63) is 58.1 Å². The molecular formula is C23H26BrN3O4S. The van der Waals surface area contributed by atoms with Gasteiger partial charge in [0.1, 0.15) is 5.75 Å². The highest BCUT2D eigenvalue weighted by molar-refractivity contribution is 9.10. The van der Waals surface area contributed by atoms with Gasteiger partial charge in [-0.25, -0.2) is 0 Å². The van der Waals surface area contributed by atoms with Gasteiger partial charge in [0, 0.05) is 28.8 Å². The third kappa shape index (κ3) is 6.75. The van der Waals surface area contributed by atoms with Gasteiger partial charge in [-0.2, -0.15) is 0 Å². The number of hydrogen-bond donors (Lipinski definition) is 2. The average Bonchev–Trinajstić information content (AvgIpc) is 2.78. The molecule has 32 heavy (non-hydrogen) atoms. The monoisotopic (exact) mass is 519 g/mol. The number of amides is 2. The number of ether oxygens (including phenoxy) is 2. The van der Waals surface area contributed by atoms with Crippen LogP contribution in [0.25, 0.3) is 0 Å². The average molecular weight is 520 g/mol. The van der Waals surface area contributed by atoms with E-state index in [0.29, 0.717) is 61.4 Å². The van der Waals surface area contributed by atoms with Gasteiger partial charge in [-0.05, 0) is 54.5 Å². The maximum atomic E-state index is 12.8. The molecule has 0 aliphatic carbocycles. The number of hydrogen-bond acceptors (Lipinski definition) is 5. The maximum Gasteiger partial charge on any atom is 0.261 e. The summed E-state index contributed by atoms with van der Waals surface area (Å²) in [4.78, 5) is 27.3. The van der Waals surface area contributed by atoms with E-state index < -0.39 is 0 Å². The first-order valence-electron chi connectivity index (χ1n) is 10.3. The van der Waals surface area contributed by atoms with Crippen molar-refractivity contribution in [2.75, 3.05) is 38.2 Å². The van der Waals surface area contributed by atoms with Crippen LogP contribution in [-0.4, -0.2) is 54.7 Å². The van der Waals surface area contributed by atoms with Crippen LogP contribution in [0.5, 0.6) is 5.75 Å². The van der Waals surface area contributed by atoms with Crippen molar-refractivity contribution in [1.82, 2.24) is 10.2 Å². The fraction of sp³-hybridized carbons (Fsp3) is 0.348. The van der Waals surface area contributed by atoms with Gasteiger partial charge in [0.2, 0.25) is 0 Å². The topological polar surface area (TPSA) is 79.9 Å².